The zero-order chi connectivity index (χ0) is 20.5. The maximum Gasteiger partial charge on any atom is 1.00 e. The van der Waals surface area contributed by atoms with Crippen LogP contribution in [0.1, 0.15) is 18.5 Å². The Bertz CT molecular complexity index is 876. The molecule has 150 valence electrons. The van der Waals surface area contributed by atoms with Gasteiger partial charge in [-0.3, -0.25) is 19.2 Å². The molecule has 1 aromatic heterocycles. The number of carbonyl (C=O) groups is 4. The average Bonchev–Trinajstić information content (AvgIpc) is 3.33. The number of nitrogen functional groups attached to an aromatic ring is 1. The van der Waals surface area contributed by atoms with Crippen molar-refractivity contribution in [2.24, 2.45) is 5.16 Å². The second-order valence-electron chi connectivity index (χ2n) is 5.69. The van der Waals surface area contributed by atoms with Gasteiger partial charge in [0.05, 0.1) is 6.42 Å². The smallest absolute Gasteiger partial charge is 0.544 e. The minimum absolute atomic E-state index is 0. The van der Waals surface area contributed by atoms with E-state index in [9.17, 15) is 24.3 Å². The molecule has 0 radical (unpaired) electrons. The van der Waals surface area contributed by atoms with E-state index in [0.717, 1.165) is 11.3 Å². The molecule has 0 bridgehead atoms. The van der Waals surface area contributed by atoms with Crippen molar-refractivity contribution in [2.75, 3.05) is 19.5 Å². The maximum atomic E-state index is 12.6. The van der Waals surface area contributed by atoms with E-state index in [4.69, 9.17) is 15.3 Å². The number of carbonyl (C=O) groups excluding carboxylic acids is 4. The molecular formula is C14H14N5NaO8S. The second kappa shape index (κ2) is 9.04. The predicted molar refractivity (Wildman–Crippen MR) is 87.9 cm³/mol. The number of nitrogens with zero attached hydrogens (tertiary/aromatic N) is 3. The van der Waals surface area contributed by atoms with Crippen molar-refractivity contribution in [1.29, 1.82) is 0 Å². The van der Waals surface area contributed by atoms with Crippen molar-refractivity contribution in [1.82, 2.24) is 15.4 Å². The van der Waals surface area contributed by atoms with Gasteiger partial charge in [-0.15, -0.1) is 11.3 Å². The molecule has 0 spiro atoms. The molecule has 3 N–H and O–H groups in total. The topological polar surface area (TPSA) is 186 Å². The molecule has 1 unspecified atom stereocenters. The summed E-state index contributed by atoms with van der Waals surface area (Å²) in [6, 6.07) is -1.26. The Morgan fingerprint density at radius 2 is 2.24 bits per heavy atom. The Balaban J connectivity index is 0.00000300. The number of hydrogen-bond donors (Lipinski definition) is 2. The average molecular weight is 435 g/mol. The van der Waals surface area contributed by atoms with Crippen LogP contribution in [0.15, 0.2) is 10.5 Å². The molecule has 15 heteroatoms. The number of esters is 1. The molecular weight excluding hydrogens is 421 g/mol. The van der Waals surface area contributed by atoms with Crippen molar-refractivity contribution in [3.05, 3.63) is 11.1 Å². The minimum Gasteiger partial charge on any atom is -0.544 e. The van der Waals surface area contributed by atoms with Crippen LogP contribution in [-0.4, -0.2) is 65.0 Å². The molecule has 2 atom stereocenters. The molecule has 3 heterocycles. The quantitative estimate of drug-likeness (QED) is 0.189. The third kappa shape index (κ3) is 4.35. The van der Waals surface area contributed by atoms with Crippen LogP contribution in [0.2, 0.25) is 0 Å². The number of ether oxygens (including phenoxy) is 1. The van der Waals surface area contributed by atoms with Crippen LogP contribution in [0.4, 0.5) is 5.13 Å². The van der Waals surface area contributed by atoms with Gasteiger partial charge in [0.2, 0.25) is 0 Å². The number of cyclic esters (lactones) is 1. The molecule has 0 saturated carbocycles. The molecule has 0 aliphatic carbocycles. The Morgan fingerprint density at radius 1 is 1.52 bits per heavy atom. The summed E-state index contributed by atoms with van der Waals surface area (Å²) in [4.78, 5) is 61.6. The molecule has 2 fully saturated rings. The van der Waals surface area contributed by atoms with E-state index in [1.165, 1.54) is 12.5 Å². The van der Waals surface area contributed by atoms with Gasteiger partial charge in [0, 0.05) is 11.8 Å². The third-order valence-electron chi connectivity index (χ3n) is 3.93. The first-order valence-corrected chi connectivity index (χ1v) is 8.70. The SMILES string of the molecule is CO/N=C(/C(=O)N[C@H]1CON(C2(C(=O)[O-])CCC(=O)O2)C1=O)c1csc(N)n1.[Na+]. The minimum atomic E-state index is -2.37. The monoisotopic (exact) mass is 435 g/mol. The van der Waals surface area contributed by atoms with Gasteiger partial charge in [-0.1, -0.05) is 5.16 Å². The third-order valence-corrected chi connectivity index (χ3v) is 4.61. The van der Waals surface area contributed by atoms with Crippen molar-refractivity contribution < 1.29 is 68.3 Å². The van der Waals surface area contributed by atoms with Crippen LogP contribution in [-0.2, 0) is 33.6 Å². The number of aromatic nitrogens is 1. The standard InChI is InChI=1S/C14H15N5O8S.Na/c1-25-18-9(7-5-28-13(15)17-7)10(21)16-6-4-26-19(11(6)22)14(12(23)24)3-2-8(20)27-14;/h5-6H,2-4H2,1H3,(H2,15,17)(H,16,21)(H,23,24);/q;+1/p-1/b18-9+;/t6-,14?;/m0./s1. The van der Waals surface area contributed by atoms with Crippen molar-refractivity contribution in [3.8, 4) is 0 Å². The van der Waals surface area contributed by atoms with E-state index in [-0.39, 0.29) is 58.9 Å². The number of rotatable bonds is 6. The van der Waals surface area contributed by atoms with E-state index < -0.39 is 42.1 Å². The van der Waals surface area contributed by atoms with Crippen LogP contribution >= 0.6 is 11.3 Å². The number of hydroxylamine groups is 2. The fourth-order valence-electron chi connectivity index (χ4n) is 2.66. The Hall–Kier alpha value is -2.26. The number of hydrogen-bond acceptors (Lipinski definition) is 12. The molecule has 2 aliphatic rings. The zero-order valence-electron chi connectivity index (χ0n) is 15.4. The number of thiazole rings is 1. The number of carboxylic acids is 1. The summed E-state index contributed by atoms with van der Waals surface area (Å²) in [6.07, 6.45) is -0.566. The maximum absolute atomic E-state index is 12.6. The predicted octanol–water partition coefficient (Wildman–Crippen LogP) is -5.88. The molecule has 2 amide bonds. The van der Waals surface area contributed by atoms with Crippen LogP contribution in [0.25, 0.3) is 0 Å². The van der Waals surface area contributed by atoms with E-state index in [1.807, 2.05) is 0 Å². The first-order chi connectivity index (χ1) is 13.3. The second-order valence-corrected chi connectivity index (χ2v) is 6.58. The van der Waals surface area contributed by atoms with Crippen LogP contribution < -0.4 is 45.7 Å². The largest absolute Gasteiger partial charge is 1.00 e. The summed E-state index contributed by atoms with van der Waals surface area (Å²) in [5.74, 6) is -4.38. The van der Waals surface area contributed by atoms with Crippen molar-refractivity contribution in [3.63, 3.8) is 0 Å². The summed E-state index contributed by atoms with van der Waals surface area (Å²) >= 11 is 1.07. The first-order valence-electron chi connectivity index (χ1n) is 7.82. The van der Waals surface area contributed by atoms with Gasteiger partial charge in [-0.25, -0.2) is 4.98 Å². The van der Waals surface area contributed by atoms with Gasteiger partial charge in [0.1, 0.15) is 31.4 Å². The van der Waals surface area contributed by atoms with Crippen molar-refractivity contribution in [2.45, 2.75) is 24.6 Å². The number of oxime groups is 1. The molecule has 0 aromatic carbocycles. The number of aliphatic carboxylic acids is 1. The summed E-state index contributed by atoms with van der Waals surface area (Å²) in [5, 5.41) is 19.5. The Labute approximate surface area is 189 Å². The number of nitrogens with one attached hydrogen (secondary N) is 1. The summed E-state index contributed by atoms with van der Waals surface area (Å²) in [7, 11) is 1.21. The number of nitrogens with two attached hydrogens (primary N) is 1. The summed E-state index contributed by atoms with van der Waals surface area (Å²) < 4.78 is 4.78. The van der Waals surface area contributed by atoms with Crippen LogP contribution in [0.3, 0.4) is 0 Å². The molecule has 1 aromatic rings. The van der Waals surface area contributed by atoms with E-state index in [0.29, 0.717) is 5.06 Å². The summed E-state index contributed by atoms with van der Waals surface area (Å²) in [5.41, 5.74) is 3.04. The van der Waals surface area contributed by atoms with E-state index >= 15 is 0 Å². The molecule has 2 aliphatic heterocycles. The van der Waals surface area contributed by atoms with Gasteiger partial charge < -0.3 is 30.5 Å². The zero-order valence-corrected chi connectivity index (χ0v) is 18.2. The Kier molecular flexibility index (Phi) is 7.18. The molecule has 29 heavy (non-hydrogen) atoms. The molecule has 2 saturated heterocycles. The molecule has 3 rings (SSSR count). The Morgan fingerprint density at radius 3 is 2.76 bits per heavy atom. The van der Waals surface area contributed by atoms with Crippen LogP contribution in [0.5, 0.6) is 0 Å². The number of amides is 2. The van der Waals surface area contributed by atoms with Gasteiger partial charge in [0.25, 0.3) is 17.5 Å². The van der Waals surface area contributed by atoms with Gasteiger partial charge in [-0.05, 0) is 0 Å². The molecule has 13 nitrogen and oxygen atoms in total. The number of anilines is 1. The van der Waals surface area contributed by atoms with Gasteiger partial charge in [0.15, 0.2) is 10.8 Å². The fourth-order valence-corrected chi connectivity index (χ4v) is 3.21. The number of carboxylic acid groups (broad SMARTS) is 1. The summed E-state index contributed by atoms with van der Waals surface area (Å²) in [6.45, 7) is -0.392. The van der Waals surface area contributed by atoms with Crippen LogP contribution in [0, 0.1) is 0 Å². The van der Waals surface area contributed by atoms with Crippen molar-refractivity contribution >= 4 is 45.9 Å². The van der Waals surface area contributed by atoms with E-state index in [2.05, 4.69) is 20.3 Å². The first kappa shape index (κ1) is 23.0. The van der Waals surface area contributed by atoms with Gasteiger partial charge >= 0.3 is 35.5 Å². The van der Waals surface area contributed by atoms with E-state index in [1.54, 1.807) is 0 Å². The normalized spacial score (nSPS) is 24.1. The fraction of sp³-hybridized carbons (Fsp3) is 0.429. The van der Waals surface area contributed by atoms with Gasteiger partial charge in [-0.2, -0.15) is 5.06 Å².